The minimum atomic E-state index is -4.76. The van der Waals surface area contributed by atoms with Gasteiger partial charge in [-0.05, 0) is 39.8 Å². The molecule has 0 bridgehead atoms. The van der Waals surface area contributed by atoms with Gasteiger partial charge in [-0.1, -0.05) is 0 Å². The van der Waals surface area contributed by atoms with Gasteiger partial charge in [-0.2, -0.15) is 26.3 Å². The van der Waals surface area contributed by atoms with Crippen LogP contribution in [-0.4, -0.2) is 63.6 Å². The van der Waals surface area contributed by atoms with Gasteiger partial charge in [-0.25, -0.2) is 38.9 Å². The minimum absolute atomic E-state index is 0.0525. The lowest BCUT2D eigenvalue weighted by molar-refractivity contribution is -0.152. The Kier molecular flexibility index (Phi) is 10.1. The van der Waals surface area contributed by atoms with Crippen LogP contribution in [0.3, 0.4) is 0 Å². The van der Waals surface area contributed by atoms with Crippen LogP contribution < -0.4 is 9.47 Å². The van der Waals surface area contributed by atoms with Gasteiger partial charge in [0.05, 0.1) is 12.2 Å². The zero-order valence-electron chi connectivity index (χ0n) is 24.8. The first-order valence-electron chi connectivity index (χ1n) is 13.4. The molecule has 0 spiro atoms. The van der Waals surface area contributed by atoms with E-state index in [9.17, 15) is 35.9 Å². The molecule has 0 aliphatic heterocycles. The van der Waals surface area contributed by atoms with Crippen LogP contribution in [0.4, 0.5) is 26.3 Å². The van der Waals surface area contributed by atoms with Gasteiger partial charge in [0.2, 0.25) is 11.8 Å². The number of hydrogen-bond donors (Lipinski definition) is 0. The maximum absolute atomic E-state index is 13.3. The number of halogens is 6. The quantitative estimate of drug-likeness (QED) is 0.0937. The van der Waals surface area contributed by atoms with E-state index in [1.807, 2.05) is 0 Å². The number of aromatic nitrogens is 8. The second-order valence-corrected chi connectivity index (χ2v) is 9.96. The number of pyridine rings is 2. The van der Waals surface area contributed by atoms with Gasteiger partial charge < -0.3 is 14.2 Å². The summed E-state index contributed by atoms with van der Waals surface area (Å²) >= 11 is 0. The Labute approximate surface area is 261 Å². The van der Waals surface area contributed by atoms with Gasteiger partial charge >= 0.3 is 24.3 Å². The highest BCUT2D eigenvalue weighted by Crippen LogP contribution is 2.34. The summed E-state index contributed by atoms with van der Waals surface area (Å²) in [4.78, 5) is 39.0. The van der Waals surface area contributed by atoms with Crippen LogP contribution in [0, 0.1) is 0 Å². The molecule has 0 atom stereocenters. The number of hydrogen-bond acceptors (Lipinski definition) is 11. The molecule has 248 valence electrons. The molecule has 4 aromatic heterocycles. The van der Waals surface area contributed by atoms with Crippen molar-refractivity contribution in [1.29, 1.82) is 0 Å². The predicted octanol–water partition coefficient (Wildman–Crippen LogP) is 5.32. The molecule has 0 amide bonds. The Hall–Kier alpha value is -5.62. The molecule has 13 nitrogen and oxygen atoms in total. The standard InChI is InChI=1S/C28H24F6N8O5/c1-15(2)45-21-11-17(9-19(37-21)27(29,30)31)25-35-13-41(39-25)7-5-23(43)47-24(44)6-8-42-14-36-26(40-42)18-10-20(28(32,33)34)38-22(12-18)46-16(3)4/h5-16H,1-4H3/b7-5-,8-6-. The predicted molar refractivity (Wildman–Crippen MR) is 150 cm³/mol. The molecular weight excluding hydrogens is 642 g/mol. The number of nitrogens with zero attached hydrogens (tertiary/aromatic N) is 8. The Balaban J connectivity index is 1.40. The molecule has 0 N–H and O–H groups in total. The lowest BCUT2D eigenvalue weighted by Gasteiger charge is -2.12. The zero-order valence-corrected chi connectivity index (χ0v) is 24.8. The first-order valence-corrected chi connectivity index (χ1v) is 13.4. The SMILES string of the molecule is CC(C)Oc1cc(-c2ncn(/C=C\C(=O)OC(=O)/C=C\n3cnc(-c4cc(OC(C)C)nc(C(F)(F)F)c4)n3)n2)cc(C(F)(F)F)n1. The summed E-state index contributed by atoms with van der Waals surface area (Å²) in [5.74, 6) is -3.12. The van der Waals surface area contributed by atoms with Crippen molar-refractivity contribution in [2.45, 2.75) is 52.3 Å². The average Bonchev–Trinajstić information content (AvgIpc) is 3.63. The summed E-state index contributed by atoms with van der Waals surface area (Å²) in [6.45, 7) is 6.46. The summed E-state index contributed by atoms with van der Waals surface area (Å²) in [5.41, 5.74) is -2.53. The van der Waals surface area contributed by atoms with Gasteiger partial charge in [-0.3, -0.25) is 0 Å². The van der Waals surface area contributed by atoms with Crippen LogP contribution in [0.15, 0.2) is 49.1 Å². The molecule has 0 saturated heterocycles. The summed E-state index contributed by atoms with van der Waals surface area (Å²) < 4.78 is 97.2. The molecule has 0 radical (unpaired) electrons. The lowest BCUT2D eigenvalue weighted by Crippen LogP contribution is -2.12. The number of esters is 2. The van der Waals surface area contributed by atoms with E-state index in [-0.39, 0.29) is 34.5 Å². The normalized spacial score (nSPS) is 12.4. The maximum Gasteiger partial charge on any atom is 0.433 e. The second-order valence-electron chi connectivity index (χ2n) is 9.96. The van der Waals surface area contributed by atoms with Gasteiger partial charge in [0, 0.05) is 47.8 Å². The van der Waals surface area contributed by atoms with Crippen molar-refractivity contribution in [2.24, 2.45) is 0 Å². The minimum Gasteiger partial charge on any atom is -0.475 e. The second kappa shape index (κ2) is 13.8. The third kappa shape index (κ3) is 9.68. The molecular formula is C28H24F6N8O5. The number of carbonyl (C=O) groups is 2. The maximum atomic E-state index is 13.3. The van der Waals surface area contributed by atoms with Crippen molar-refractivity contribution in [2.75, 3.05) is 0 Å². The fourth-order valence-electron chi connectivity index (χ4n) is 3.56. The fraction of sp³-hybridized carbons (Fsp3) is 0.286. The van der Waals surface area contributed by atoms with E-state index in [0.29, 0.717) is 0 Å². The Morgan fingerprint density at radius 3 is 1.40 bits per heavy atom. The van der Waals surface area contributed by atoms with Gasteiger partial charge in [0.25, 0.3) is 0 Å². The van der Waals surface area contributed by atoms with Crippen molar-refractivity contribution in [1.82, 2.24) is 39.5 Å². The highest BCUT2D eigenvalue weighted by molar-refractivity contribution is 5.98. The molecule has 0 saturated carbocycles. The van der Waals surface area contributed by atoms with E-state index in [2.05, 4.69) is 34.9 Å². The lowest BCUT2D eigenvalue weighted by atomic mass is 10.2. The smallest absolute Gasteiger partial charge is 0.433 e. The van der Waals surface area contributed by atoms with Crippen LogP contribution in [0.25, 0.3) is 35.2 Å². The first-order chi connectivity index (χ1) is 22.0. The topological polar surface area (TPSA) is 149 Å². The van der Waals surface area contributed by atoms with Crippen molar-refractivity contribution < 1.29 is 50.1 Å². The van der Waals surface area contributed by atoms with Crippen LogP contribution in [0.1, 0.15) is 39.1 Å². The number of rotatable bonds is 10. The molecule has 19 heteroatoms. The van der Waals surface area contributed by atoms with Crippen LogP contribution >= 0.6 is 0 Å². The van der Waals surface area contributed by atoms with Crippen molar-refractivity contribution in [3.8, 4) is 34.5 Å². The van der Waals surface area contributed by atoms with Crippen LogP contribution in [0.5, 0.6) is 11.8 Å². The Morgan fingerprint density at radius 2 is 1.06 bits per heavy atom. The molecule has 0 fully saturated rings. The molecule has 47 heavy (non-hydrogen) atoms. The van der Waals surface area contributed by atoms with E-state index in [1.165, 1.54) is 12.1 Å². The molecule has 0 unspecified atom stereocenters. The summed E-state index contributed by atoms with van der Waals surface area (Å²) in [6.07, 6.45) is -4.56. The van der Waals surface area contributed by atoms with Crippen LogP contribution in [-0.2, 0) is 26.7 Å². The molecule has 0 aliphatic carbocycles. The summed E-state index contributed by atoms with van der Waals surface area (Å²) in [5, 5.41) is 7.97. The van der Waals surface area contributed by atoms with Gasteiger partial charge in [0.1, 0.15) is 24.0 Å². The van der Waals surface area contributed by atoms with E-state index >= 15 is 0 Å². The molecule has 0 aliphatic rings. The third-order valence-corrected chi connectivity index (χ3v) is 5.36. The van der Waals surface area contributed by atoms with Crippen molar-refractivity contribution in [3.63, 3.8) is 0 Å². The molecule has 0 aromatic carbocycles. The monoisotopic (exact) mass is 666 g/mol. The Bertz CT molecular complexity index is 1680. The molecule has 4 aromatic rings. The number of carbonyl (C=O) groups excluding carboxylic acids is 2. The van der Waals surface area contributed by atoms with E-state index in [0.717, 1.165) is 58.7 Å². The zero-order chi connectivity index (χ0) is 34.5. The van der Waals surface area contributed by atoms with Crippen LogP contribution in [0.2, 0.25) is 0 Å². The fourth-order valence-corrected chi connectivity index (χ4v) is 3.56. The van der Waals surface area contributed by atoms with E-state index < -0.39 is 47.9 Å². The average molecular weight is 667 g/mol. The highest BCUT2D eigenvalue weighted by Gasteiger charge is 2.35. The summed E-state index contributed by atoms with van der Waals surface area (Å²) in [7, 11) is 0. The number of alkyl halides is 6. The Morgan fingerprint density at radius 1 is 0.681 bits per heavy atom. The van der Waals surface area contributed by atoms with Gasteiger partial charge in [0.15, 0.2) is 11.6 Å². The van der Waals surface area contributed by atoms with E-state index in [1.54, 1.807) is 27.7 Å². The number of ether oxygens (including phenoxy) is 3. The molecule has 4 heterocycles. The van der Waals surface area contributed by atoms with Crippen molar-refractivity contribution in [3.05, 3.63) is 60.5 Å². The van der Waals surface area contributed by atoms with E-state index in [4.69, 9.17) is 9.47 Å². The molecule has 4 rings (SSSR count). The largest absolute Gasteiger partial charge is 0.475 e. The van der Waals surface area contributed by atoms with Gasteiger partial charge in [-0.15, -0.1) is 10.2 Å². The summed E-state index contributed by atoms with van der Waals surface area (Å²) in [6, 6.07) is 3.93. The third-order valence-electron chi connectivity index (χ3n) is 5.36. The first kappa shape index (κ1) is 34.3. The van der Waals surface area contributed by atoms with Crippen molar-refractivity contribution >= 4 is 24.3 Å². The highest BCUT2D eigenvalue weighted by atomic mass is 19.4.